The van der Waals surface area contributed by atoms with Gasteiger partial charge in [0.2, 0.25) is 0 Å². The Morgan fingerprint density at radius 1 is 1.45 bits per heavy atom. The molecule has 0 saturated heterocycles. The van der Waals surface area contributed by atoms with Crippen molar-refractivity contribution in [2.24, 2.45) is 12.0 Å². The van der Waals surface area contributed by atoms with Crippen LogP contribution in [0.1, 0.15) is 24.9 Å². The molecule has 0 fully saturated rings. The Balaban J connectivity index is 2.42. The molecule has 0 aliphatic rings. The van der Waals surface area contributed by atoms with Crippen LogP contribution in [0, 0.1) is 0 Å². The minimum atomic E-state index is 0.246. The monoisotopic (exact) mass is 310 g/mol. The third kappa shape index (κ3) is 6.44. The van der Waals surface area contributed by atoms with Crippen molar-refractivity contribution in [3.8, 4) is 0 Å². The highest BCUT2D eigenvalue weighted by Crippen LogP contribution is 2.15. The minimum Gasteiger partial charge on any atom is -0.382 e. The van der Waals surface area contributed by atoms with E-state index in [4.69, 9.17) is 4.74 Å². The fraction of sp³-hybridized carbons (Fsp3) is 0.733. The van der Waals surface area contributed by atoms with Crippen LogP contribution in [0.25, 0.3) is 0 Å². The van der Waals surface area contributed by atoms with Crippen molar-refractivity contribution in [3.63, 3.8) is 0 Å². The van der Waals surface area contributed by atoms with Crippen molar-refractivity contribution in [1.29, 1.82) is 0 Å². The predicted molar refractivity (Wildman–Crippen MR) is 90.1 cm³/mol. The van der Waals surface area contributed by atoms with E-state index in [-0.39, 0.29) is 6.04 Å². The number of aliphatic imine (C=N–C) groups is 1. The molecule has 1 aromatic rings. The van der Waals surface area contributed by atoms with Crippen LogP contribution in [0.3, 0.4) is 0 Å². The average molecular weight is 310 g/mol. The van der Waals surface area contributed by atoms with E-state index in [0.29, 0.717) is 0 Å². The zero-order valence-electron chi connectivity index (χ0n) is 14.5. The third-order valence-corrected chi connectivity index (χ3v) is 3.38. The van der Waals surface area contributed by atoms with Gasteiger partial charge < -0.3 is 20.3 Å². The molecular weight excluding hydrogens is 280 g/mol. The first-order chi connectivity index (χ1) is 10.6. The van der Waals surface area contributed by atoms with Crippen LogP contribution in [0.2, 0.25) is 0 Å². The summed E-state index contributed by atoms with van der Waals surface area (Å²) in [5.74, 6) is 0.812. The first-order valence-electron chi connectivity index (χ1n) is 7.75. The van der Waals surface area contributed by atoms with Crippen molar-refractivity contribution in [2.75, 3.05) is 47.4 Å². The van der Waals surface area contributed by atoms with Crippen molar-refractivity contribution in [1.82, 2.24) is 25.3 Å². The van der Waals surface area contributed by atoms with Crippen LogP contribution in [0.4, 0.5) is 0 Å². The maximum Gasteiger partial charge on any atom is 0.191 e. The molecule has 1 atom stereocenters. The zero-order valence-corrected chi connectivity index (χ0v) is 14.5. The second-order valence-corrected chi connectivity index (χ2v) is 5.36. The topological polar surface area (TPSA) is 66.7 Å². The molecule has 0 bridgehead atoms. The van der Waals surface area contributed by atoms with Crippen molar-refractivity contribution in [2.45, 2.75) is 19.4 Å². The number of aryl methyl sites for hydroxylation is 1. The summed E-state index contributed by atoms with van der Waals surface area (Å²) in [5.41, 5.74) is 1.19. The van der Waals surface area contributed by atoms with Crippen LogP contribution in [0.15, 0.2) is 17.4 Å². The van der Waals surface area contributed by atoms with Crippen molar-refractivity contribution < 1.29 is 4.74 Å². The summed E-state index contributed by atoms with van der Waals surface area (Å²) < 4.78 is 7.15. The molecule has 1 heterocycles. The summed E-state index contributed by atoms with van der Waals surface area (Å²) >= 11 is 0. The molecule has 1 unspecified atom stereocenters. The van der Waals surface area contributed by atoms with Crippen LogP contribution in [-0.4, -0.2) is 68.1 Å². The summed E-state index contributed by atoms with van der Waals surface area (Å²) in [6.07, 6.45) is 4.92. The van der Waals surface area contributed by atoms with E-state index < -0.39 is 0 Å². The van der Waals surface area contributed by atoms with Gasteiger partial charge in [0, 0.05) is 52.2 Å². The van der Waals surface area contributed by atoms with Crippen LogP contribution < -0.4 is 10.6 Å². The number of nitrogens with one attached hydrogen (secondary N) is 2. The smallest absolute Gasteiger partial charge is 0.191 e. The summed E-state index contributed by atoms with van der Waals surface area (Å²) in [6.45, 7) is 5.16. The number of hydrogen-bond donors (Lipinski definition) is 2. The number of hydrogen-bond acceptors (Lipinski definition) is 4. The molecule has 0 radical (unpaired) electrons. The molecule has 0 spiro atoms. The van der Waals surface area contributed by atoms with E-state index in [9.17, 15) is 0 Å². The number of guanidine groups is 1. The van der Waals surface area contributed by atoms with Gasteiger partial charge in [-0.15, -0.1) is 0 Å². The molecule has 2 N–H and O–H groups in total. The Labute approximate surface area is 133 Å². The Kier molecular flexibility index (Phi) is 8.54. The van der Waals surface area contributed by atoms with E-state index in [1.807, 2.05) is 31.0 Å². The largest absolute Gasteiger partial charge is 0.382 e. The number of rotatable bonds is 9. The van der Waals surface area contributed by atoms with Crippen LogP contribution in [-0.2, 0) is 11.8 Å². The van der Waals surface area contributed by atoms with Gasteiger partial charge in [-0.1, -0.05) is 0 Å². The fourth-order valence-corrected chi connectivity index (χ4v) is 2.15. The average Bonchev–Trinajstić information content (AvgIpc) is 2.91. The van der Waals surface area contributed by atoms with Gasteiger partial charge in [-0.2, -0.15) is 5.10 Å². The Morgan fingerprint density at radius 3 is 2.77 bits per heavy atom. The van der Waals surface area contributed by atoms with Gasteiger partial charge in [-0.3, -0.25) is 9.67 Å². The quantitative estimate of drug-likeness (QED) is 0.397. The van der Waals surface area contributed by atoms with Gasteiger partial charge in [-0.05, 0) is 27.4 Å². The molecule has 0 amide bonds. The number of nitrogens with zero attached hydrogens (tertiary/aromatic N) is 4. The lowest BCUT2D eigenvalue weighted by molar-refractivity contribution is 0.145. The van der Waals surface area contributed by atoms with Crippen molar-refractivity contribution >= 4 is 5.96 Å². The molecule has 1 rings (SSSR count). The summed E-state index contributed by atoms with van der Waals surface area (Å²) in [5, 5.41) is 10.9. The molecule has 0 aromatic carbocycles. The van der Waals surface area contributed by atoms with E-state index in [2.05, 4.69) is 39.7 Å². The molecule has 22 heavy (non-hydrogen) atoms. The molecule has 126 valence electrons. The fourth-order valence-electron chi connectivity index (χ4n) is 2.15. The summed E-state index contributed by atoms with van der Waals surface area (Å²) in [4.78, 5) is 6.42. The number of ether oxygens (including phenoxy) is 1. The molecule has 7 nitrogen and oxygen atoms in total. The van der Waals surface area contributed by atoms with Gasteiger partial charge in [0.05, 0.1) is 12.2 Å². The molecule has 1 aromatic heterocycles. The maximum absolute atomic E-state index is 5.32. The highest BCUT2D eigenvalue weighted by molar-refractivity contribution is 5.79. The van der Waals surface area contributed by atoms with Crippen LogP contribution in [0.5, 0.6) is 0 Å². The predicted octanol–water partition coefficient (Wildman–Crippen LogP) is 0.614. The number of aromatic nitrogens is 2. The second kappa shape index (κ2) is 10.2. The Hall–Kier alpha value is -1.60. The van der Waals surface area contributed by atoms with E-state index in [1.54, 1.807) is 7.05 Å². The third-order valence-electron chi connectivity index (χ3n) is 3.38. The lowest BCUT2D eigenvalue weighted by Crippen LogP contribution is -2.42. The van der Waals surface area contributed by atoms with Gasteiger partial charge in [0.25, 0.3) is 0 Å². The number of likely N-dealkylation sites (N-methyl/N-ethyl adjacent to an activating group) is 1. The SMILES string of the molecule is CCOCCCNC(=NC)NCC(c1cnn(C)c1)N(C)C. The standard InChI is InChI=1S/C15H30N6O/c1-6-22-9-7-8-17-15(16-2)18-11-14(20(3)4)13-10-19-21(5)12-13/h10,12,14H,6-9,11H2,1-5H3,(H2,16,17,18). The summed E-state index contributed by atoms with van der Waals surface area (Å²) in [7, 11) is 7.85. The Bertz CT molecular complexity index is 443. The first-order valence-corrected chi connectivity index (χ1v) is 7.75. The normalized spacial score (nSPS) is 13.5. The zero-order chi connectivity index (χ0) is 16.4. The highest BCUT2D eigenvalue weighted by atomic mass is 16.5. The summed E-state index contributed by atoms with van der Waals surface area (Å²) in [6, 6.07) is 0.246. The van der Waals surface area contributed by atoms with Gasteiger partial charge in [0.1, 0.15) is 0 Å². The Morgan fingerprint density at radius 2 is 2.23 bits per heavy atom. The van der Waals surface area contributed by atoms with Crippen molar-refractivity contribution in [3.05, 3.63) is 18.0 Å². The minimum absolute atomic E-state index is 0.246. The molecule has 0 aliphatic heterocycles. The molecule has 0 aliphatic carbocycles. The molecular formula is C15H30N6O. The molecule has 0 saturated carbocycles. The maximum atomic E-state index is 5.32. The lowest BCUT2D eigenvalue weighted by atomic mass is 10.1. The van der Waals surface area contributed by atoms with Crippen LogP contribution >= 0.6 is 0 Å². The highest BCUT2D eigenvalue weighted by Gasteiger charge is 2.16. The van der Waals surface area contributed by atoms with E-state index in [1.165, 1.54) is 5.56 Å². The van der Waals surface area contributed by atoms with E-state index >= 15 is 0 Å². The van der Waals surface area contributed by atoms with E-state index in [0.717, 1.165) is 38.7 Å². The van der Waals surface area contributed by atoms with Gasteiger partial charge in [-0.25, -0.2) is 0 Å². The van der Waals surface area contributed by atoms with Gasteiger partial charge in [0.15, 0.2) is 5.96 Å². The van der Waals surface area contributed by atoms with Gasteiger partial charge >= 0.3 is 0 Å². The molecule has 7 heteroatoms. The second-order valence-electron chi connectivity index (χ2n) is 5.36. The lowest BCUT2D eigenvalue weighted by Gasteiger charge is -2.24. The first kappa shape index (κ1) is 18.4.